The lowest BCUT2D eigenvalue weighted by Crippen LogP contribution is -2.42. The van der Waals surface area contributed by atoms with Crippen LogP contribution in [0.5, 0.6) is 0 Å². The van der Waals surface area contributed by atoms with Gasteiger partial charge in [-0.1, -0.05) is 31.2 Å². The molecule has 2 rings (SSSR count). The van der Waals surface area contributed by atoms with Gasteiger partial charge in [-0.15, -0.1) is 0 Å². The molecular weight excluding hydrogens is 236 g/mol. The van der Waals surface area contributed by atoms with Crippen LogP contribution in [0.1, 0.15) is 50.2 Å². The Kier molecular flexibility index (Phi) is 4.97. The summed E-state index contributed by atoms with van der Waals surface area (Å²) >= 11 is 0. The predicted octanol–water partition coefficient (Wildman–Crippen LogP) is 2.57. The first-order chi connectivity index (χ1) is 9.20. The van der Waals surface area contributed by atoms with Crippen molar-refractivity contribution in [3.8, 4) is 0 Å². The standard InChI is InChI=1S/C16H24N2O/c1-3-10-17-16(19)12(2)18-11-13-4-6-14(7-5-13)15-8-9-15/h4-7,12,15,18H,3,8-11H2,1-2H3,(H,17,19). The van der Waals surface area contributed by atoms with Gasteiger partial charge in [0.1, 0.15) is 0 Å². The highest BCUT2D eigenvalue weighted by Gasteiger charge is 2.22. The van der Waals surface area contributed by atoms with Gasteiger partial charge in [0.2, 0.25) is 5.91 Å². The second kappa shape index (κ2) is 6.71. The second-order valence-electron chi connectivity index (χ2n) is 5.41. The van der Waals surface area contributed by atoms with E-state index in [1.165, 1.54) is 24.0 Å². The molecule has 1 aromatic carbocycles. The molecule has 0 aliphatic heterocycles. The van der Waals surface area contributed by atoms with Crippen LogP contribution in [0.2, 0.25) is 0 Å². The van der Waals surface area contributed by atoms with E-state index in [2.05, 4.69) is 41.8 Å². The van der Waals surface area contributed by atoms with Gasteiger partial charge in [-0.3, -0.25) is 4.79 Å². The Bertz CT molecular complexity index is 409. The first kappa shape index (κ1) is 14.1. The zero-order valence-corrected chi connectivity index (χ0v) is 11.9. The van der Waals surface area contributed by atoms with Gasteiger partial charge in [0.15, 0.2) is 0 Å². The molecular formula is C16H24N2O. The van der Waals surface area contributed by atoms with Gasteiger partial charge in [-0.2, -0.15) is 0 Å². The number of nitrogens with one attached hydrogen (secondary N) is 2. The summed E-state index contributed by atoms with van der Waals surface area (Å²) in [5.41, 5.74) is 2.69. The fourth-order valence-electron chi connectivity index (χ4n) is 2.09. The molecule has 1 fully saturated rings. The Morgan fingerprint density at radius 3 is 2.58 bits per heavy atom. The molecule has 104 valence electrons. The van der Waals surface area contributed by atoms with Gasteiger partial charge < -0.3 is 10.6 Å². The molecule has 0 spiro atoms. The van der Waals surface area contributed by atoms with E-state index in [9.17, 15) is 4.79 Å². The smallest absolute Gasteiger partial charge is 0.236 e. The SMILES string of the molecule is CCCNC(=O)C(C)NCc1ccc(C2CC2)cc1. The van der Waals surface area contributed by atoms with E-state index in [0.29, 0.717) is 0 Å². The largest absolute Gasteiger partial charge is 0.355 e. The zero-order valence-electron chi connectivity index (χ0n) is 11.9. The van der Waals surface area contributed by atoms with Crippen molar-refractivity contribution >= 4 is 5.91 Å². The van der Waals surface area contributed by atoms with Crippen LogP contribution in [0, 0.1) is 0 Å². The summed E-state index contributed by atoms with van der Waals surface area (Å²) in [6.45, 7) is 5.45. The van der Waals surface area contributed by atoms with Crippen LogP contribution in [0.25, 0.3) is 0 Å². The lowest BCUT2D eigenvalue weighted by Gasteiger charge is -2.14. The Morgan fingerprint density at radius 1 is 1.32 bits per heavy atom. The molecule has 1 aliphatic carbocycles. The minimum absolute atomic E-state index is 0.0800. The van der Waals surface area contributed by atoms with Crippen LogP contribution in [0.15, 0.2) is 24.3 Å². The number of carbonyl (C=O) groups excluding carboxylic acids is 1. The van der Waals surface area contributed by atoms with E-state index in [4.69, 9.17) is 0 Å². The van der Waals surface area contributed by atoms with Gasteiger partial charge >= 0.3 is 0 Å². The summed E-state index contributed by atoms with van der Waals surface area (Å²) in [6.07, 6.45) is 3.65. The fraction of sp³-hybridized carbons (Fsp3) is 0.562. The highest BCUT2D eigenvalue weighted by molar-refractivity contribution is 5.81. The molecule has 3 nitrogen and oxygen atoms in total. The Balaban J connectivity index is 1.76. The van der Waals surface area contributed by atoms with Gasteiger partial charge in [-0.05, 0) is 43.2 Å². The lowest BCUT2D eigenvalue weighted by atomic mass is 10.1. The average molecular weight is 260 g/mol. The van der Waals surface area contributed by atoms with Crippen molar-refractivity contribution in [2.24, 2.45) is 0 Å². The van der Waals surface area contributed by atoms with Crippen molar-refractivity contribution in [2.75, 3.05) is 6.54 Å². The van der Waals surface area contributed by atoms with Crippen molar-refractivity contribution in [1.82, 2.24) is 10.6 Å². The predicted molar refractivity (Wildman–Crippen MR) is 78.0 cm³/mol. The maximum absolute atomic E-state index is 11.7. The summed E-state index contributed by atoms with van der Waals surface area (Å²) < 4.78 is 0. The van der Waals surface area contributed by atoms with E-state index in [1.807, 2.05) is 6.92 Å². The van der Waals surface area contributed by atoms with Crippen molar-refractivity contribution in [3.05, 3.63) is 35.4 Å². The molecule has 19 heavy (non-hydrogen) atoms. The number of rotatable bonds is 7. The molecule has 3 heteroatoms. The van der Waals surface area contributed by atoms with Crippen molar-refractivity contribution in [3.63, 3.8) is 0 Å². The van der Waals surface area contributed by atoms with E-state index < -0.39 is 0 Å². The maximum atomic E-state index is 11.7. The normalized spacial score (nSPS) is 16.1. The summed E-state index contributed by atoms with van der Waals surface area (Å²) in [4.78, 5) is 11.7. The van der Waals surface area contributed by atoms with E-state index in [1.54, 1.807) is 0 Å². The number of carbonyl (C=O) groups is 1. The summed E-state index contributed by atoms with van der Waals surface area (Å²) in [5, 5.41) is 6.16. The van der Waals surface area contributed by atoms with E-state index in [-0.39, 0.29) is 11.9 Å². The van der Waals surface area contributed by atoms with Gasteiger partial charge in [0, 0.05) is 13.1 Å². The second-order valence-corrected chi connectivity index (χ2v) is 5.41. The minimum Gasteiger partial charge on any atom is -0.355 e. The van der Waals surface area contributed by atoms with Gasteiger partial charge in [-0.25, -0.2) is 0 Å². The molecule has 1 amide bonds. The molecule has 0 saturated heterocycles. The van der Waals surface area contributed by atoms with Gasteiger partial charge in [0.05, 0.1) is 6.04 Å². The van der Waals surface area contributed by atoms with Crippen LogP contribution >= 0.6 is 0 Å². The number of hydrogen-bond acceptors (Lipinski definition) is 2. The quantitative estimate of drug-likeness (QED) is 0.791. The Labute approximate surface area is 115 Å². The molecule has 1 atom stereocenters. The van der Waals surface area contributed by atoms with Crippen molar-refractivity contribution in [2.45, 2.75) is 51.6 Å². The number of amides is 1. The molecule has 0 bridgehead atoms. The van der Waals surface area contributed by atoms with Crippen LogP contribution in [-0.4, -0.2) is 18.5 Å². The van der Waals surface area contributed by atoms with Gasteiger partial charge in [0.25, 0.3) is 0 Å². The molecule has 1 aliphatic rings. The summed E-state index contributed by atoms with van der Waals surface area (Å²) in [7, 11) is 0. The molecule has 0 radical (unpaired) electrons. The molecule has 1 aromatic rings. The third kappa shape index (κ3) is 4.35. The molecule has 1 saturated carbocycles. The Morgan fingerprint density at radius 2 is 2.00 bits per heavy atom. The topological polar surface area (TPSA) is 41.1 Å². The lowest BCUT2D eigenvalue weighted by molar-refractivity contribution is -0.122. The first-order valence-corrected chi connectivity index (χ1v) is 7.30. The third-order valence-corrected chi connectivity index (χ3v) is 3.58. The summed E-state index contributed by atoms with van der Waals surface area (Å²) in [6, 6.07) is 8.62. The van der Waals surface area contributed by atoms with Crippen LogP contribution in [0.4, 0.5) is 0 Å². The highest BCUT2D eigenvalue weighted by Crippen LogP contribution is 2.39. The molecule has 0 heterocycles. The summed E-state index contributed by atoms with van der Waals surface area (Å²) in [5.74, 6) is 0.886. The third-order valence-electron chi connectivity index (χ3n) is 3.58. The maximum Gasteiger partial charge on any atom is 0.236 e. The number of hydrogen-bond donors (Lipinski definition) is 2. The number of benzene rings is 1. The van der Waals surface area contributed by atoms with Crippen LogP contribution in [-0.2, 0) is 11.3 Å². The minimum atomic E-state index is -0.144. The molecule has 1 unspecified atom stereocenters. The molecule has 2 N–H and O–H groups in total. The molecule has 0 aromatic heterocycles. The van der Waals surface area contributed by atoms with Crippen molar-refractivity contribution in [1.29, 1.82) is 0 Å². The first-order valence-electron chi connectivity index (χ1n) is 7.30. The fourth-order valence-corrected chi connectivity index (χ4v) is 2.09. The Hall–Kier alpha value is -1.35. The highest BCUT2D eigenvalue weighted by atomic mass is 16.2. The van der Waals surface area contributed by atoms with Crippen molar-refractivity contribution < 1.29 is 4.79 Å². The average Bonchev–Trinajstić information content (AvgIpc) is 3.27. The van der Waals surface area contributed by atoms with E-state index >= 15 is 0 Å². The van der Waals surface area contributed by atoms with E-state index in [0.717, 1.165) is 25.4 Å². The zero-order chi connectivity index (χ0) is 13.7. The van der Waals surface area contributed by atoms with Crippen LogP contribution < -0.4 is 10.6 Å². The monoisotopic (exact) mass is 260 g/mol. The van der Waals surface area contributed by atoms with Crippen LogP contribution in [0.3, 0.4) is 0 Å².